The molecule has 0 bridgehead atoms. The molecule has 0 radical (unpaired) electrons. The smallest absolute Gasteiger partial charge is 0.344 e. The summed E-state index contributed by atoms with van der Waals surface area (Å²) in [5, 5.41) is 0.797. The van der Waals surface area contributed by atoms with E-state index in [1.54, 1.807) is 25.1 Å². The van der Waals surface area contributed by atoms with Gasteiger partial charge in [-0.2, -0.15) is 0 Å². The Kier molecular flexibility index (Phi) is 7.13. The van der Waals surface area contributed by atoms with Crippen molar-refractivity contribution in [2.45, 2.75) is 65.0 Å². The Morgan fingerprint density at radius 2 is 1.93 bits per heavy atom. The van der Waals surface area contributed by atoms with Gasteiger partial charge in [0.15, 0.2) is 12.7 Å². The minimum Gasteiger partial charge on any atom is -0.482 e. The molecule has 1 atom stereocenters. The van der Waals surface area contributed by atoms with Crippen molar-refractivity contribution in [3.63, 3.8) is 0 Å². The van der Waals surface area contributed by atoms with Crippen LogP contribution in [-0.4, -0.2) is 42.1 Å². The molecule has 0 N–H and O–H groups in total. The first kappa shape index (κ1) is 21.9. The molecule has 0 spiro atoms. The number of benzene rings is 1. The average molecular weight is 415 g/mol. The quantitative estimate of drug-likeness (QED) is 0.507. The highest BCUT2D eigenvalue weighted by Crippen LogP contribution is 2.24. The predicted molar refractivity (Wildman–Crippen MR) is 113 cm³/mol. The van der Waals surface area contributed by atoms with Crippen LogP contribution in [0.5, 0.6) is 5.75 Å². The fourth-order valence-electron chi connectivity index (χ4n) is 4.04. The highest BCUT2D eigenvalue weighted by molar-refractivity contribution is 5.84. The summed E-state index contributed by atoms with van der Waals surface area (Å²) in [6, 6.07) is 6.67. The molecule has 0 unspecified atom stereocenters. The number of amides is 1. The van der Waals surface area contributed by atoms with Crippen LogP contribution in [0.4, 0.5) is 0 Å². The first-order valence-corrected chi connectivity index (χ1v) is 10.6. The van der Waals surface area contributed by atoms with Gasteiger partial charge in [0.1, 0.15) is 11.3 Å². The molecule has 7 nitrogen and oxygen atoms in total. The van der Waals surface area contributed by atoms with Crippen molar-refractivity contribution < 1.29 is 23.5 Å². The normalized spacial score (nSPS) is 15.6. The molecule has 1 fully saturated rings. The Morgan fingerprint density at radius 1 is 1.20 bits per heavy atom. The highest BCUT2D eigenvalue weighted by Gasteiger charge is 2.29. The molecular weight excluding hydrogens is 386 g/mol. The first-order chi connectivity index (χ1) is 14.4. The van der Waals surface area contributed by atoms with E-state index >= 15 is 0 Å². The zero-order chi connectivity index (χ0) is 21.7. The number of carbonyl (C=O) groups is 2. The molecule has 1 saturated carbocycles. The summed E-state index contributed by atoms with van der Waals surface area (Å²) >= 11 is 0. The molecule has 1 heterocycles. The molecule has 0 aliphatic heterocycles. The van der Waals surface area contributed by atoms with Gasteiger partial charge in [0.05, 0.1) is 0 Å². The van der Waals surface area contributed by atoms with Crippen LogP contribution in [0.3, 0.4) is 0 Å². The van der Waals surface area contributed by atoms with E-state index in [0.29, 0.717) is 17.9 Å². The van der Waals surface area contributed by atoms with Crippen molar-refractivity contribution in [3.05, 3.63) is 40.2 Å². The highest BCUT2D eigenvalue weighted by atomic mass is 16.6. The maximum Gasteiger partial charge on any atom is 0.344 e. The Balaban J connectivity index is 1.56. The Labute approximate surface area is 175 Å². The van der Waals surface area contributed by atoms with E-state index in [4.69, 9.17) is 13.9 Å². The molecular formula is C23H29NO6. The van der Waals surface area contributed by atoms with Gasteiger partial charge in [0.25, 0.3) is 5.91 Å². The van der Waals surface area contributed by atoms with Crippen molar-refractivity contribution >= 4 is 22.8 Å². The van der Waals surface area contributed by atoms with Gasteiger partial charge in [-0.25, -0.2) is 9.59 Å². The summed E-state index contributed by atoms with van der Waals surface area (Å²) in [6.07, 6.45) is 4.60. The van der Waals surface area contributed by atoms with Crippen molar-refractivity contribution in [3.8, 4) is 5.75 Å². The lowest BCUT2D eigenvalue weighted by atomic mass is 9.94. The van der Waals surface area contributed by atoms with Gasteiger partial charge in [-0.1, -0.05) is 19.3 Å². The van der Waals surface area contributed by atoms with Crippen molar-refractivity contribution in [1.29, 1.82) is 0 Å². The number of aryl methyl sites for hydroxylation is 1. The van der Waals surface area contributed by atoms with Crippen LogP contribution in [0.1, 0.15) is 51.5 Å². The van der Waals surface area contributed by atoms with E-state index in [0.717, 1.165) is 36.6 Å². The number of fused-ring (bicyclic) bond motifs is 1. The van der Waals surface area contributed by atoms with Crippen molar-refractivity contribution in [2.24, 2.45) is 0 Å². The lowest BCUT2D eigenvalue weighted by Crippen LogP contribution is -2.46. The SMILES string of the molecule is CCN(C(=O)[C@H](C)OC(=O)COc1ccc2c(C)cc(=O)oc2c1)C1CCCCC1. The van der Waals surface area contributed by atoms with Gasteiger partial charge < -0.3 is 18.8 Å². The van der Waals surface area contributed by atoms with Crippen LogP contribution in [0.25, 0.3) is 11.0 Å². The van der Waals surface area contributed by atoms with Crippen LogP contribution in [0.2, 0.25) is 0 Å². The van der Waals surface area contributed by atoms with Gasteiger partial charge in [-0.3, -0.25) is 4.79 Å². The fourth-order valence-corrected chi connectivity index (χ4v) is 4.04. The first-order valence-electron chi connectivity index (χ1n) is 10.6. The molecule has 0 saturated heterocycles. The zero-order valence-corrected chi connectivity index (χ0v) is 17.8. The second-order valence-electron chi connectivity index (χ2n) is 7.74. The summed E-state index contributed by atoms with van der Waals surface area (Å²) in [6.45, 7) is 5.63. The van der Waals surface area contributed by atoms with E-state index in [1.165, 1.54) is 12.5 Å². The Hall–Kier alpha value is -2.83. The lowest BCUT2D eigenvalue weighted by molar-refractivity contribution is -0.161. The van der Waals surface area contributed by atoms with E-state index in [9.17, 15) is 14.4 Å². The molecule has 2 aromatic rings. The van der Waals surface area contributed by atoms with E-state index < -0.39 is 17.7 Å². The maximum atomic E-state index is 12.8. The number of ether oxygens (including phenoxy) is 2. The average Bonchev–Trinajstić information content (AvgIpc) is 2.73. The third-order valence-electron chi connectivity index (χ3n) is 5.57. The monoisotopic (exact) mass is 415 g/mol. The van der Waals surface area contributed by atoms with E-state index in [-0.39, 0.29) is 18.6 Å². The molecule has 1 aliphatic rings. The number of carbonyl (C=O) groups excluding carboxylic acids is 2. The van der Waals surface area contributed by atoms with Gasteiger partial charge in [0, 0.05) is 30.1 Å². The van der Waals surface area contributed by atoms with Crippen LogP contribution in [0.15, 0.2) is 33.5 Å². The second-order valence-corrected chi connectivity index (χ2v) is 7.74. The van der Waals surface area contributed by atoms with Gasteiger partial charge in [-0.05, 0) is 51.3 Å². The molecule has 1 aliphatic carbocycles. The molecule has 1 amide bonds. The second kappa shape index (κ2) is 9.78. The number of hydrogen-bond acceptors (Lipinski definition) is 6. The van der Waals surface area contributed by atoms with Gasteiger partial charge >= 0.3 is 11.6 Å². The summed E-state index contributed by atoms with van der Waals surface area (Å²) < 4.78 is 16.0. The number of rotatable bonds is 7. The number of likely N-dealkylation sites (N-methyl/N-ethyl adjacent to an activating group) is 1. The minimum absolute atomic E-state index is 0.166. The summed E-state index contributed by atoms with van der Waals surface area (Å²) in [5.41, 5.74) is 0.751. The number of nitrogens with zero attached hydrogens (tertiary/aromatic N) is 1. The largest absolute Gasteiger partial charge is 0.482 e. The number of esters is 1. The standard InChI is InChI=1S/C23H29NO6/c1-4-24(17-8-6-5-7-9-17)23(27)16(3)29-22(26)14-28-18-10-11-19-15(2)12-21(25)30-20(19)13-18/h10-13,16-17H,4-9,14H2,1-3H3/t16-/m0/s1. The molecule has 162 valence electrons. The lowest BCUT2D eigenvalue weighted by Gasteiger charge is -2.35. The molecule has 3 rings (SSSR count). The van der Waals surface area contributed by atoms with E-state index in [2.05, 4.69) is 0 Å². The summed E-state index contributed by atoms with van der Waals surface area (Å²) in [7, 11) is 0. The third kappa shape index (κ3) is 5.20. The van der Waals surface area contributed by atoms with Gasteiger partial charge in [-0.15, -0.1) is 0 Å². The Morgan fingerprint density at radius 3 is 2.63 bits per heavy atom. The maximum absolute atomic E-state index is 12.8. The predicted octanol–water partition coefficient (Wildman–Crippen LogP) is 3.59. The zero-order valence-electron chi connectivity index (χ0n) is 17.8. The third-order valence-corrected chi connectivity index (χ3v) is 5.57. The molecule has 30 heavy (non-hydrogen) atoms. The minimum atomic E-state index is -0.861. The van der Waals surface area contributed by atoms with Crippen molar-refractivity contribution in [2.75, 3.05) is 13.2 Å². The number of hydrogen-bond donors (Lipinski definition) is 0. The summed E-state index contributed by atoms with van der Waals surface area (Å²) in [5.74, 6) is -0.411. The van der Waals surface area contributed by atoms with Crippen molar-refractivity contribution in [1.82, 2.24) is 4.90 Å². The Bertz CT molecular complexity index is 960. The summed E-state index contributed by atoms with van der Waals surface area (Å²) in [4.78, 5) is 38.3. The molecule has 1 aromatic heterocycles. The van der Waals surface area contributed by atoms with Gasteiger partial charge in [0.2, 0.25) is 0 Å². The molecule has 1 aromatic carbocycles. The molecule has 7 heteroatoms. The van der Waals surface area contributed by atoms with E-state index in [1.807, 2.05) is 18.7 Å². The fraction of sp³-hybridized carbons (Fsp3) is 0.522. The van der Waals surface area contributed by atoms with Crippen LogP contribution in [0, 0.1) is 6.92 Å². The van der Waals surface area contributed by atoms with Crippen LogP contribution < -0.4 is 10.4 Å². The van der Waals surface area contributed by atoms with Crippen LogP contribution >= 0.6 is 0 Å². The van der Waals surface area contributed by atoms with Crippen LogP contribution in [-0.2, 0) is 14.3 Å². The topological polar surface area (TPSA) is 86.0 Å².